The van der Waals surface area contributed by atoms with Crippen molar-refractivity contribution in [2.75, 3.05) is 25.1 Å². The summed E-state index contributed by atoms with van der Waals surface area (Å²) < 4.78 is 0. The fourth-order valence-corrected chi connectivity index (χ4v) is 3.58. The third-order valence-corrected chi connectivity index (χ3v) is 5.15. The number of likely N-dealkylation sites (tertiary alicyclic amines) is 1. The number of hydrogen-bond acceptors (Lipinski definition) is 5. The van der Waals surface area contributed by atoms with Gasteiger partial charge in [-0.25, -0.2) is 0 Å². The largest absolute Gasteiger partial charge is 0.341 e. The van der Waals surface area contributed by atoms with Crippen molar-refractivity contribution in [3.63, 3.8) is 0 Å². The van der Waals surface area contributed by atoms with Gasteiger partial charge in [0.25, 0.3) is 11.6 Å². The van der Waals surface area contributed by atoms with E-state index in [2.05, 4.69) is 12.2 Å². The maximum atomic E-state index is 12.9. The molecule has 142 valence electrons. The van der Waals surface area contributed by atoms with Crippen LogP contribution in [0.2, 0.25) is 0 Å². The molecule has 1 aromatic carbocycles. The quantitative estimate of drug-likeness (QED) is 0.581. The lowest BCUT2D eigenvalue weighted by Crippen LogP contribution is -2.51. The van der Waals surface area contributed by atoms with Gasteiger partial charge in [0.1, 0.15) is 6.04 Å². The standard InChI is InChI=1S/C18H25N3O4S/c1-13-5-4-9-20(12-13)18(23)16(8-10-26-2)19-17(22)14-6-3-7-15(11-14)21(24)25/h3,6-7,11,13,16H,4-5,8-10,12H2,1-2H3,(H,19,22). The molecule has 0 bridgehead atoms. The number of amides is 2. The summed E-state index contributed by atoms with van der Waals surface area (Å²) in [5.74, 6) is 0.679. The number of nitro benzene ring substituents is 1. The van der Waals surface area contributed by atoms with Crippen molar-refractivity contribution in [1.29, 1.82) is 0 Å². The van der Waals surface area contributed by atoms with Crippen LogP contribution >= 0.6 is 11.8 Å². The van der Waals surface area contributed by atoms with Crippen LogP contribution in [-0.4, -0.2) is 52.8 Å². The number of hydrogen-bond donors (Lipinski definition) is 1. The number of nitro groups is 1. The van der Waals surface area contributed by atoms with Crippen LogP contribution in [0.1, 0.15) is 36.5 Å². The summed E-state index contributed by atoms with van der Waals surface area (Å²) in [7, 11) is 0. The average Bonchev–Trinajstić information content (AvgIpc) is 2.64. The zero-order valence-electron chi connectivity index (χ0n) is 15.1. The fourth-order valence-electron chi connectivity index (χ4n) is 3.11. The van der Waals surface area contributed by atoms with Crippen molar-refractivity contribution in [2.45, 2.75) is 32.2 Å². The molecule has 1 aliphatic heterocycles. The summed E-state index contributed by atoms with van der Waals surface area (Å²) in [5.41, 5.74) is 0.0441. The Morgan fingerprint density at radius 1 is 1.46 bits per heavy atom. The van der Waals surface area contributed by atoms with Gasteiger partial charge in [0.15, 0.2) is 0 Å². The van der Waals surface area contributed by atoms with E-state index in [1.807, 2.05) is 11.2 Å². The van der Waals surface area contributed by atoms with E-state index >= 15 is 0 Å². The zero-order chi connectivity index (χ0) is 19.1. The first-order valence-electron chi connectivity index (χ1n) is 8.75. The van der Waals surface area contributed by atoms with Gasteiger partial charge in [0, 0.05) is 30.8 Å². The minimum absolute atomic E-state index is 0.0654. The molecule has 2 amide bonds. The van der Waals surface area contributed by atoms with Crippen LogP contribution in [0.25, 0.3) is 0 Å². The van der Waals surface area contributed by atoms with Crippen molar-refractivity contribution in [1.82, 2.24) is 10.2 Å². The molecule has 26 heavy (non-hydrogen) atoms. The van der Waals surface area contributed by atoms with Crippen LogP contribution in [0.3, 0.4) is 0 Å². The van der Waals surface area contributed by atoms with Crippen molar-refractivity contribution in [3.05, 3.63) is 39.9 Å². The van der Waals surface area contributed by atoms with Gasteiger partial charge in [0.2, 0.25) is 5.91 Å². The molecule has 0 radical (unpaired) electrons. The smallest absolute Gasteiger partial charge is 0.270 e. The Bertz CT molecular complexity index is 668. The first kappa shape index (κ1) is 20.2. The molecule has 8 heteroatoms. The highest BCUT2D eigenvalue weighted by atomic mass is 32.2. The molecule has 1 fully saturated rings. The Kier molecular flexibility index (Phi) is 7.44. The Hall–Kier alpha value is -2.09. The van der Waals surface area contributed by atoms with E-state index in [-0.39, 0.29) is 17.2 Å². The number of carbonyl (C=O) groups excluding carboxylic acids is 2. The summed E-state index contributed by atoms with van der Waals surface area (Å²) in [5, 5.41) is 13.7. The lowest BCUT2D eigenvalue weighted by Gasteiger charge is -2.33. The minimum Gasteiger partial charge on any atom is -0.341 e. The maximum Gasteiger partial charge on any atom is 0.270 e. The van der Waals surface area contributed by atoms with Crippen molar-refractivity contribution >= 4 is 29.3 Å². The van der Waals surface area contributed by atoms with Crippen LogP contribution in [0.5, 0.6) is 0 Å². The lowest BCUT2D eigenvalue weighted by atomic mass is 9.99. The van der Waals surface area contributed by atoms with E-state index in [4.69, 9.17) is 0 Å². The topological polar surface area (TPSA) is 92.5 Å². The number of nitrogens with one attached hydrogen (secondary N) is 1. The van der Waals surface area contributed by atoms with Crippen LogP contribution in [-0.2, 0) is 4.79 Å². The van der Waals surface area contributed by atoms with Crippen LogP contribution < -0.4 is 5.32 Å². The molecular weight excluding hydrogens is 354 g/mol. The molecule has 2 rings (SSSR count). The molecule has 0 aliphatic carbocycles. The van der Waals surface area contributed by atoms with E-state index < -0.39 is 16.9 Å². The van der Waals surface area contributed by atoms with Crippen LogP contribution in [0, 0.1) is 16.0 Å². The van der Waals surface area contributed by atoms with Gasteiger partial charge in [-0.2, -0.15) is 11.8 Å². The van der Waals surface area contributed by atoms with Gasteiger partial charge in [-0.1, -0.05) is 13.0 Å². The molecule has 0 saturated carbocycles. The molecule has 2 unspecified atom stereocenters. The lowest BCUT2D eigenvalue weighted by molar-refractivity contribution is -0.384. The van der Waals surface area contributed by atoms with Gasteiger partial charge >= 0.3 is 0 Å². The second kappa shape index (κ2) is 9.56. The Morgan fingerprint density at radius 2 is 2.23 bits per heavy atom. The highest BCUT2D eigenvalue weighted by Crippen LogP contribution is 2.18. The van der Waals surface area contributed by atoms with Crippen molar-refractivity contribution in [2.24, 2.45) is 5.92 Å². The number of piperidine rings is 1. The van der Waals surface area contributed by atoms with Gasteiger partial charge in [-0.3, -0.25) is 19.7 Å². The molecule has 2 atom stereocenters. The third-order valence-electron chi connectivity index (χ3n) is 4.50. The monoisotopic (exact) mass is 379 g/mol. The minimum atomic E-state index is -0.612. The van der Waals surface area contributed by atoms with E-state index in [9.17, 15) is 19.7 Å². The molecule has 1 heterocycles. The summed E-state index contributed by atoms with van der Waals surface area (Å²) in [4.78, 5) is 37.6. The van der Waals surface area contributed by atoms with E-state index in [0.717, 1.165) is 18.6 Å². The van der Waals surface area contributed by atoms with E-state index in [1.54, 1.807) is 11.8 Å². The van der Waals surface area contributed by atoms with Crippen LogP contribution in [0.4, 0.5) is 5.69 Å². The first-order valence-corrected chi connectivity index (χ1v) is 10.1. The summed E-state index contributed by atoms with van der Waals surface area (Å²) >= 11 is 1.61. The van der Waals surface area contributed by atoms with Crippen LogP contribution in [0.15, 0.2) is 24.3 Å². The second-order valence-corrected chi connectivity index (χ2v) is 7.63. The number of nitrogens with zero attached hydrogens (tertiary/aromatic N) is 2. The predicted octanol–water partition coefficient (Wildman–Crippen LogP) is 2.70. The summed E-state index contributed by atoms with van der Waals surface area (Å²) in [6.07, 6.45) is 4.57. The fraction of sp³-hybridized carbons (Fsp3) is 0.556. The Balaban J connectivity index is 2.11. The molecule has 1 saturated heterocycles. The van der Waals surface area contributed by atoms with E-state index in [1.165, 1.54) is 24.3 Å². The molecule has 0 spiro atoms. The molecular formula is C18H25N3O4S. The number of thioether (sulfide) groups is 1. The predicted molar refractivity (Wildman–Crippen MR) is 102 cm³/mol. The molecule has 1 N–H and O–H groups in total. The highest BCUT2D eigenvalue weighted by molar-refractivity contribution is 7.98. The number of carbonyl (C=O) groups is 2. The third kappa shape index (κ3) is 5.45. The molecule has 0 aromatic heterocycles. The summed E-state index contributed by atoms with van der Waals surface area (Å²) in [6.45, 7) is 3.55. The highest BCUT2D eigenvalue weighted by Gasteiger charge is 2.29. The average molecular weight is 379 g/mol. The van der Waals surface area contributed by atoms with Crippen molar-refractivity contribution < 1.29 is 14.5 Å². The van der Waals surface area contributed by atoms with Gasteiger partial charge in [-0.05, 0) is 43.3 Å². The first-order chi connectivity index (χ1) is 12.4. The van der Waals surface area contributed by atoms with E-state index in [0.29, 0.717) is 25.4 Å². The number of non-ortho nitro benzene ring substituents is 1. The second-order valence-electron chi connectivity index (χ2n) is 6.65. The maximum absolute atomic E-state index is 12.9. The van der Waals surface area contributed by atoms with Gasteiger partial charge < -0.3 is 10.2 Å². The molecule has 7 nitrogen and oxygen atoms in total. The SMILES string of the molecule is CSCCC(NC(=O)c1cccc([N+](=O)[O-])c1)C(=O)N1CCCC(C)C1. The zero-order valence-corrected chi connectivity index (χ0v) is 16.0. The van der Waals surface area contributed by atoms with Crippen molar-refractivity contribution in [3.8, 4) is 0 Å². The number of benzene rings is 1. The normalized spacial score (nSPS) is 18.2. The van der Waals surface area contributed by atoms with Gasteiger partial charge in [0.05, 0.1) is 4.92 Å². The Morgan fingerprint density at radius 3 is 2.88 bits per heavy atom. The number of rotatable bonds is 7. The van der Waals surface area contributed by atoms with Gasteiger partial charge in [-0.15, -0.1) is 0 Å². The summed E-state index contributed by atoms with van der Waals surface area (Å²) in [6, 6.07) is 4.94. The molecule has 1 aromatic rings. The Labute approximate surface area is 157 Å². The molecule has 1 aliphatic rings.